The minimum Gasteiger partial charge on any atom is -0.494 e. The number of nitrogens with zero attached hydrogens (tertiary/aromatic N) is 2. The Kier molecular flexibility index (Phi) is 12.7. The van der Waals surface area contributed by atoms with Gasteiger partial charge in [0.2, 0.25) is 11.8 Å². The number of nitrogens with one attached hydrogen (secondary N) is 1. The number of rotatable bonds is 16. The van der Waals surface area contributed by atoms with E-state index in [1.807, 2.05) is 58.9 Å². The lowest BCUT2D eigenvalue weighted by atomic mass is 10.1. The zero-order chi connectivity index (χ0) is 33.1. The van der Waals surface area contributed by atoms with Crippen molar-refractivity contribution >= 4 is 27.5 Å². The fraction of sp³-hybridized carbons (Fsp3) is 0.412. The lowest BCUT2D eigenvalue weighted by molar-refractivity contribution is -0.140. The van der Waals surface area contributed by atoms with E-state index in [1.165, 1.54) is 37.3 Å². The van der Waals surface area contributed by atoms with E-state index >= 15 is 0 Å². The molecule has 0 unspecified atom stereocenters. The maximum absolute atomic E-state index is 14.3. The van der Waals surface area contributed by atoms with Crippen LogP contribution in [0.5, 0.6) is 17.2 Å². The number of carbonyl (C=O) groups excluding carboxylic acids is 2. The minimum absolute atomic E-state index is 0.0891. The topological polar surface area (TPSA) is 114 Å². The van der Waals surface area contributed by atoms with Crippen molar-refractivity contribution in [3.63, 3.8) is 0 Å². The average molecular weight is 640 g/mol. The molecule has 0 aromatic heterocycles. The van der Waals surface area contributed by atoms with E-state index in [0.717, 1.165) is 15.4 Å². The van der Waals surface area contributed by atoms with Crippen molar-refractivity contribution < 1.29 is 32.2 Å². The van der Waals surface area contributed by atoms with E-state index in [9.17, 15) is 18.0 Å². The third-order valence-electron chi connectivity index (χ3n) is 7.16. The fourth-order valence-corrected chi connectivity index (χ4v) is 6.29. The highest BCUT2D eigenvalue weighted by atomic mass is 32.2. The molecule has 0 saturated carbocycles. The zero-order valence-corrected chi connectivity index (χ0v) is 28.0. The number of hydrogen-bond acceptors (Lipinski definition) is 7. The van der Waals surface area contributed by atoms with Crippen LogP contribution >= 0.6 is 0 Å². The van der Waals surface area contributed by atoms with Crippen LogP contribution in [-0.4, -0.2) is 65.1 Å². The zero-order valence-electron chi connectivity index (χ0n) is 27.2. The first-order valence-corrected chi connectivity index (χ1v) is 16.5. The highest BCUT2D eigenvalue weighted by molar-refractivity contribution is 7.92. The molecule has 0 heterocycles. The van der Waals surface area contributed by atoms with Gasteiger partial charge in [-0.05, 0) is 68.1 Å². The van der Waals surface area contributed by atoms with E-state index in [-0.39, 0.29) is 34.7 Å². The fourth-order valence-electron chi connectivity index (χ4n) is 4.86. The van der Waals surface area contributed by atoms with Crippen molar-refractivity contribution in [3.05, 3.63) is 77.9 Å². The summed E-state index contributed by atoms with van der Waals surface area (Å²) in [5, 5.41) is 2.94. The first kappa shape index (κ1) is 35.2. The summed E-state index contributed by atoms with van der Waals surface area (Å²) < 4.78 is 45.8. The molecule has 0 spiro atoms. The molecule has 11 heteroatoms. The second kappa shape index (κ2) is 16.2. The number of carbonyl (C=O) groups is 2. The first-order chi connectivity index (χ1) is 21.4. The van der Waals surface area contributed by atoms with Gasteiger partial charge in [-0.2, -0.15) is 0 Å². The van der Waals surface area contributed by atoms with Gasteiger partial charge in [0.05, 0.1) is 31.4 Å². The smallest absolute Gasteiger partial charge is 0.264 e. The van der Waals surface area contributed by atoms with Crippen molar-refractivity contribution in [2.75, 3.05) is 38.2 Å². The Morgan fingerprint density at radius 3 is 2.18 bits per heavy atom. The minimum atomic E-state index is -4.31. The van der Waals surface area contributed by atoms with Gasteiger partial charge in [-0.15, -0.1) is 0 Å². The van der Waals surface area contributed by atoms with Crippen LogP contribution in [0.2, 0.25) is 0 Å². The van der Waals surface area contributed by atoms with E-state index in [1.54, 1.807) is 24.3 Å². The number of sulfonamides is 1. The van der Waals surface area contributed by atoms with Crippen LogP contribution in [0.25, 0.3) is 0 Å². The third-order valence-corrected chi connectivity index (χ3v) is 8.93. The Hall–Kier alpha value is -4.25. The molecule has 45 heavy (non-hydrogen) atoms. The predicted molar refractivity (Wildman–Crippen MR) is 175 cm³/mol. The summed E-state index contributed by atoms with van der Waals surface area (Å²) in [5.41, 5.74) is 2.09. The van der Waals surface area contributed by atoms with Crippen LogP contribution < -0.4 is 23.8 Å². The Bertz CT molecular complexity index is 1540. The van der Waals surface area contributed by atoms with Crippen LogP contribution in [-0.2, 0) is 26.2 Å². The molecule has 0 aliphatic carbocycles. The highest BCUT2D eigenvalue weighted by Crippen LogP contribution is 2.33. The van der Waals surface area contributed by atoms with Crippen LogP contribution in [0.4, 0.5) is 5.69 Å². The quantitative estimate of drug-likeness (QED) is 0.230. The second-order valence-electron chi connectivity index (χ2n) is 11.0. The maximum Gasteiger partial charge on any atom is 0.264 e. The summed E-state index contributed by atoms with van der Waals surface area (Å²) in [7, 11) is -1.43. The molecule has 2 amide bonds. The van der Waals surface area contributed by atoms with Crippen molar-refractivity contribution in [2.24, 2.45) is 5.92 Å². The predicted octanol–water partition coefficient (Wildman–Crippen LogP) is 5.19. The van der Waals surface area contributed by atoms with Gasteiger partial charge in [-0.25, -0.2) is 8.42 Å². The summed E-state index contributed by atoms with van der Waals surface area (Å²) in [5.74, 6) is 0.552. The first-order valence-electron chi connectivity index (χ1n) is 15.0. The SMILES string of the molecule is CCOc1ccc(N(CC(=O)N(Cc2cccc(C)c2)[C@H](CC)C(=O)NCC(C)C)S(=O)(=O)c2ccc(OC)c(OC)c2)cc1. The second-order valence-corrected chi connectivity index (χ2v) is 12.9. The molecule has 3 aromatic rings. The number of benzene rings is 3. The molecule has 244 valence electrons. The molecule has 10 nitrogen and oxygen atoms in total. The van der Waals surface area contributed by atoms with E-state index in [4.69, 9.17) is 14.2 Å². The maximum atomic E-state index is 14.3. The standard InChI is InChI=1S/C34H45N3O7S/c1-8-30(34(39)35-21-24(3)4)36(22-26-12-10-11-25(5)19-26)33(38)23-37(27-13-15-28(16-14-27)44-9-2)45(40,41)29-17-18-31(42-6)32(20-29)43-7/h10-20,24,30H,8-9,21-23H2,1-7H3,(H,35,39)/t30-/m1/s1. The Labute approximate surface area is 267 Å². The van der Waals surface area contributed by atoms with Crippen molar-refractivity contribution in [3.8, 4) is 17.2 Å². The molecule has 0 aliphatic heterocycles. The number of hydrogen-bond donors (Lipinski definition) is 1. The number of aryl methyl sites for hydroxylation is 1. The van der Waals surface area contributed by atoms with Crippen molar-refractivity contribution in [2.45, 2.75) is 58.5 Å². The van der Waals surface area contributed by atoms with Crippen LogP contribution in [0.1, 0.15) is 45.2 Å². The van der Waals surface area contributed by atoms with Crippen molar-refractivity contribution in [1.82, 2.24) is 10.2 Å². The molecule has 0 bridgehead atoms. The molecule has 3 aromatic carbocycles. The van der Waals surface area contributed by atoms with Gasteiger partial charge in [-0.3, -0.25) is 13.9 Å². The summed E-state index contributed by atoms with van der Waals surface area (Å²) in [6.45, 7) is 10.1. The summed E-state index contributed by atoms with van der Waals surface area (Å²) in [4.78, 5) is 29.1. The van der Waals surface area contributed by atoms with Gasteiger partial charge in [0.15, 0.2) is 11.5 Å². The highest BCUT2D eigenvalue weighted by Gasteiger charge is 2.34. The molecule has 3 rings (SSSR count). The summed E-state index contributed by atoms with van der Waals surface area (Å²) in [6, 6.07) is 17.6. The van der Waals surface area contributed by atoms with E-state index in [0.29, 0.717) is 31.1 Å². The van der Waals surface area contributed by atoms with Crippen LogP contribution in [0, 0.1) is 12.8 Å². The van der Waals surface area contributed by atoms with E-state index < -0.39 is 28.5 Å². The van der Waals surface area contributed by atoms with Gasteiger partial charge in [0, 0.05) is 19.2 Å². The van der Waals surface area contributed by atoms with Gasteiger partial charge in [-0.1, -0.05) is 50.6 Å². The van der Waals surface area contributed by atoms with Crippen molar-refractivity contribution in [1.29, 1.82) is 0 Å². The Balaban J connectivity index is 2.10. The molecule has 1 N–H and O–H groups in total. The Morgan fingerprint density at radius 2 is 1.60 bits per heavy atom. The van der Waals surface area contributed by atoms with Crippen LogP contribution in [0.15, 0.2) is 71.6 Å². The lowest BCUT2D eigenvalue weighted by Gasteiger charge is -2.33. The normalized spacial score (nSPS) is 11.9. The van der Waals surface area contributed by atoms with Gasteiger partial charge >= 0.3 is 0 Å². The summed E-state index contributed by atoms with van der Waals surface area (Å²) >= 11 is 0. The lowest BCUT2D eigenvalue weighted by Crippen LogP contribution is -2.52. The Morgan fingerprint density at radius 1 is 0.911 bits per heavy atom. The van der Waals surface area contributed by atoms with Gasteiger partial charge < -0.3 is 24.4 Å². The molecular formula is C34H45N3O7S. The summed E-state index contributed by atoms with van der Waals surface area (Å²) in [6.07, 6.45) is 0.340. The largest absolute Gasteiger partial charge is 0.494 e. The molecule has 0 aliphatic rings. The van der Waals surface area contributed by atoms with Gasteiger partial charge in [0.25, 0.3) is 10.0 Å². The number of methoxy groups -OCH3 is 2. The number of amides is 2. The van der Waals surface area contributed by atoms with Crippen LogP contribution in [0.3, 0.4) is 0 Å². The van der Waals surface area contributed by atoms with E-state index in [2.05, 4.69) is 5.32 Å². The average Bonchev–Trinajstić information content (AvgIpc) is 3.02. The van der Waals surface area contributed by atoms with Gasteiger partial charge in [0.1, 0.15) is 18.3 Å². The monoisotopic (exact) mass is 639 g/mol. The third kappa shape index (κ3) is 9.13. The molecule has 0 fully saturated rings. The molecule has 0 radical (unpaired) electrons. The molecule has 0 saturated heterocycles. The number of anilines is 1. The molecular weight excluding hydrogens is 594 g/mol. The molecule has 1 atom stereocenters. The number of ether oxygens (including phenoxy) is 3.